The molecule has 0 aliphatic rings. The van der Waals surface area contributed by atoms with Gasteiger partial charge in [-0.1, -0.05) is 19.8 Å². The fourth-order valence-electron chi connectivity index (χ4n) is 2.04. The van der Waals surface area contributed by atoms with E-state index in [4.69, 9.17) is 17.0 Å². The van der Waals surface area contributed by atoms with Gasteiger partial charge in [-0.05, 0) is 42.4 Å². The van der Waals surface area contributed by atoms with E-state index in [1.807, 2.05) is 0 Å². The molecule has 2 aromatic rings. The summed E-state index contributed by atoms with van der Waals surface area (Å²) in [5.41, 5.74) is 0.803. The van der Waals surface area contributed by atoms with Crippen molar-refractivity contribution in [1.29, 1.82) is 0 Å². The maximum Gasteiger partial charge on any atom is 0.216 e. The van der Waals surface area contributed by atoms with Crippen LogP contribution >= 0.6 is 12.2 Å². The summed E-state index contributed by atoms with van der Waals surface area (Å²) in [5, 5.41) is 21.0. The number of nitrogens with zero attached hydrogens (tertiary/aromatic N) is 3. The topological polar surface area (TPSA) is 75.4 Å². The average Bonchev–Trinajstić information content (AvgIpc) is 2.87. The van der Waals surface area contributed by atoms with Gasteiger partial charge in [-0.3, -0.25) is 5.10 Å². The predicted octanol–water partition coefficient (Wildman–Crippen LogP) is 3.27. The molecule has 0 bridgehead atoms. The maximum atomic E-state index is 9.59. The number of ether oxygens (including phenoxy) is 1. The van der Waals surface area contributed by atoms with E-state index in [1.54, 1.807) is 29.1 Å². The lowest BCUT2D eigenvalue weighted by Gasteiger charge is -2.04. The number of aromatic hydroxyl groups is 1. The number of hydrogen-bond donors (Lipinski definition) is 2. The lowest BCUT2D eigenvalue weighted by Crippen LogP contribution is -1.99. The Bertz CT molecular complexity index is 706. The SMILES string of the molecule is CCCCCc1n[nH]c(=S)n1N=Cc1ccc(O)c(OC)c1. The first-order valence-electron chi connectivity index (χ1n) is 7.23. The zero-order valence-electron chi connectivity index (χ0n) is 12.7. The van der Waals surface area contributed by atoms with Crippen LogP contribution in [0.5, 0.6) is 11.5 Å². The van der Waals surface area contributed by atoms with Gasteiger partial charge in [-0.15, -0.1) is 0 Å². The largest absolute Gasteiger partial charge is 0.504 e. The maximum absolute atomic E-state index is 9.59. The van der Waals surface area contributed by atoms with Crippen LogP contribution in [0, 0.1) is 4.77 Å². The van der Waals surface area contributed by atoms with Crippen molar-refractivity contribution >= 4 is 18.4 Å². The van der Waals surface area contributed by atoms with Crippen LogP contribution < -0.4 is 4.74 Å². The first kappa shape index (κ1) is 16.2. The van der Waals surface area contributed by atoms with Gasteiger partial charge in [0.25, 0.3) is 0 Å². The van der Waals surface area contributed by atoms with Gasteiger partial charge in [0.05, 0.1) is 13.3 Å². The molecule has 0 aliphatic carbocycles. The van der Waals surface area contributed by atoms with Crippen LogP contribution in [0.25, 0.3) is 0 Å². The summed E-state index contributed by atoms with van der Waals surface area (Å²) in [6.07, 6.45) is 5.85. The van der Waals surface area contributed by atoms with E-state index in [2.05, 4.69) is 22.2 Å². The van der Waals surface area contributed by atoms with Crippen LogP contribution in [-0.4, -0.2) is 33.3 Å². The van der Waals surface area contributed by atoms with Gasteiger partial charge < -0.3 is 9.84 Å². The van der Waals surface area contributed by atoms with Crippen LogP contribution in [0.15, 0.2) is 23.3 Å². The Kier molecular flexibility index (Phi) is 5.71. The molecule has 118 valence electrons. The number of H-pyrrole nitrogens is 1. The third-order valence-electron chi connectivity index (χ3n) is 3.25. The van der Waals surface area contributed by atoms with Crippen molar-refractivity contribution in [3.8, 4) is 11.5 Å². The zero-order chi connectivity index (χ0) is 15.9. The molecule has 6 nitrogen and oxygen atoms in total. The summed E-state index contributed by atoms with van der Waals surface area (Å²) in [4.78, 5) is 0. The Morgan fingerprint density at radius 1 is 1.45 bits per heavy atom. The van der Waals surface area contributed by atoms with Gasteiger partial charge in [-0.2, -0.15) is 14.9 Å². The van der Waals surface area contributed by atoms with Crippen molar-refractivity contribution in [1.82, 2.24) is 14.9 Å². The van der Waals surface area contributed by atoms with Gasteiger partial charge in [0.15, 0.2) is 17.3 Å². The van der Waals surface area contributed by atoms with E-state index in [-0.39, 0.29) is 5.75 Å². The van der Waals surface area contributed by atoms with E-state index >= 15 is 0 Å². The molecule has 22 heavy (non-hydrogen) atoms. The molecule has 0 radical (unpaired) electrons. The normalized spacial score (nSPS) is 11.2. The highest BCUT2D eigenvalue weighted by Crippen LogP contribution is 2.25. The van der Waals surface area contributed by atoms with Gasteiger partial charge in [0, 0.05) is 6.42 Å². The van der Waals surface area contributed by atoms with Crippen LogP contribution in [-0.2, 0) is 6.42 Å². The van der Waals surface area contributed by atoms with Crippen molar-refractivity contribution in [2.75, 3.05) is 7.11 Å². The lowest BCUT2D eigenvalue weighted by atomic mass is 10.2. The number of unbranched alkanes of at least 4 members (excludes halogenated alkanes) is 2. The molecular formula is C15H20N4O2S. The number of aryl methyl sites for hydroxylation is 1. The molecule has 0 saturated carbocycles. The second kappa shape index (κ2) is 7.74. The van der Waals surface area contributed by atoms with Gasteiger partial charge in [0.1, 0.15) is 0 Å². The number of phenols is 1. The summed E-state index contributed by atoms with van der Waals surface area (Å²) >= 11 is 5.20. The first-order chi connectivity index (χ1) is 10.7. The van der Waals surface area contributed by atoms with Crippen LogP contribution in [0.4, 0.5) is 0 Å². The van der Waals surface area contributed by atoms with E-state index in [9.17, 15) is 5.11 Å². The minimum absolute atomic E-state index is 0.0971. The van der Waals surface area contributed by atoms with Crippen LogP contribution in [0.1, 0.15) is 37.6 Å². The number of nitrogens with one attached hydrogen (secondary N) is 1. The van der Waals surface area contributed by atoms with Crippen molar-refractivity contribution < 1.29 is 9.84 Å². The molecule has 7 heteroatoms. The third-order valence-corrected chi connectivity index (χ3v) is 3.51. The number of aromatic nitrogens is 3. The highest BCUT2D eigenvalue weighted by molar-refractivity contribution is 7.71. The minimum Gasteiger partial charge on any atom is -0.504 e. The van der Waals surface area contributed by atoms with E-state index < -0.39 is 0 Å². The third kappa shape index (κ3) is 3.94. The summed E-state index contributed by atoms with van der Waals surface area (Å²) in [5.74, 6) is 1.32. The smallest absolute Gasteiger partial charge is 0.216 e. The molecule has 1 heterocycles. The summed E-state index contributed by atoms with van der Waals surface area (Å²) in [6, 6.07) is 5.03. The lowest BCUT2D eigenvalue weighted by molar-refractivity contribution is 0.373. The molecule has 0 unspecified atom stereocenters. The summed E-state index contributed by atoms with van der Waals surface area (Å²) in [7, 11) is 1.51. The van der Waals surface area contributed by atoms with Gasteiger partial charge in [0.2, 0.25) is 4.77 Å². The predicted molar refractivity (Wildman–Crippen MR) is 88.3 cm³/mol. The summed E-state index contributed by atoms with van der Waals surface area (Å²) in [6.45, 7) is 2.16. The fourth-order valence-corrected chi connectivity index (χ4v) is 2.24. The van der Waals surface area contributed by atoms with Crippen molar-refractivity contribution in [3.05, 3.63) is 34.4 Å². The van der Waals surface area contributed by atoms with Crippen molar-refractivity contribution in [3.63, 3.8) is 0 Å². The molecule has 0 fully saturated rings. The number of methoxy groups -OCH3 is 1. The highest BCUT2D eigenvalue weighted by Gasteiger charge is 2.05. The number of aromatic amines is 1. The second-order valence-corrected chi connectivity index (χ2v) is 5.28. The zero-order valence-corrected chi connectivity index (χ0v) is 13.6. The standard InChI is InChI=1S/C15H20N4O2S/c1-3-4-5-6-14-17-18-15(22)19(14)16-10-11-7-8-12(20)13(9-11)21-2/h7-10,20H,3-6H2,1-2H3,(H,18,22). The Morgan fingerprint density at radius 3 is 3.00 bits per heavy atom. The van der Waals surface area contributed by atoms with Crippen molar-refractivity contribution in [2.45, 2.75) is 32.6 Å². The Hall–Kier alpha value is -2.15. The molecule has 0 amide bonds. The molecule has 0 spiro atoms. The van der Waals surface area contributed by atoms with Crippen LogP contribution in [0.2, 0.25) is 0 Å². The second-order valence-electron chi connectivity index (χ2n) is 4.89. The number of phenolic OH excluding ortho intramolecular Hbond substituents is 1. The number of rotatable bonds is 7. The van der Waals surface area contributed by atoms with Gasteiger partial charge >= 0.3 is 0 Å². The summed E-state index contributed by atoms with van der Waals surface area (Å²) < 4.78 is 7.17. The molecular weight excluding hydrogens is 300 g/mol. The molecule has 1 aromatic heterocycles. The monoisotopic (exact) mass is 320 g/mol. The van der Waals surface area contributed by atoms with E-state index in [1.165, 1.54) is 7.11 Å². The molecule has 2 rings (SSSR count). The van der Waals surface area contributed by atoms with E-state index in [0.29, 0.717) is 10.5 Å². The minimum atomic E-state index is 0.0971. The number of benzene rings is 1. The fraction of sp³-hybridized carbons (Fsp3) is 0.400. The van der Waals surface area contributed by atoms with E-state index in [0.717, 1.165) is 37.1 Å². The Morgan fingerprint density at radius 2 is 2.27 bits per heavy atom. The average molecular weight is 320 g/mol. The van der Waals surface area contributed by atoms with Crippen molar-refractivity contribution in [2.24, 2.45) is 5.10 Å². The first-order valence-corrected chi connectivity index (χ1v) is 7.64. The molecule has 0 saturated heterocycles. The molecule has 1 aromatic carbocycles. The molecule has 0 aliphatic heterocycles. The van der Waals surface area contributed by atoms with Gasteiger partial charge in [-0.25, -0.2) is 0 Å². The van der Waals surface area contributed by atoms with Crippen LogP contribution in [0.3, 0.4) is 0 Å². The number of hydrogen-bond acceptors (Lipinski definition) is 5. The highest BCUT2D eigenvalue weighted by atomic mass is 32.1. The molecule has 0 atom stereocenters. The Balaban J connectivity index is 2.19. The quantitative estimate of drug-likeness (QED) is 0.466. The Labute approximate surface area is 134 Å². The molecule has 2 N–H and O–H groups in total.